The van der Waals surface area contributed by atoms with Crippen LogP contribution in [0.1, 0.15) is 41.3 Å². The van der Waals surface area contributed by atoms with E-state index in [1.165, 1.54) is 30.3 Å². The van der Waals surface area contributed by atoms with Gasteiger partial charge in [-0.25, -0.2) is 4.79 Å². The highest BCUT2D eigenvalue weighted by Crippen LogP contribution is 2.31. The molecule has 2 aromatic carbocycles. The van der Waals surface area contributed by atoms with Crippen molar-refractivity contribution in [2.24, 2.45) is 0 Å². The molecule has 0 saturated heterocycles. The largest absolute Gasteiger partial charge is 0.485 e. The molecule has 0 unspecified atom stereocenters. The third kappa shape index (κ3) is 4.68. The lowest BCUT2D eigenvalue weighted by Crippen LogP contribution is -2.13. The molecule has 0 N–H and O–H groups in total. The zero-order valence-electron chi connectivity index (χ0n) is 16.3. The average Bonchev–Trinajstić information content (AvgIpc) is 2.69. The van der Waals surface area contributed by atoms with E-state index in [2.05, 4.69) is 6.92 Å². The van der Waals surface area contributed by atoms with Crippen LogP contribution in [0.15, 0.2) is 51.7 Å². The number of hydrogen-bond donors (Lipinski definition) is 0. The molecule has 1 aromatic heterocycles. The number of Topliss-reactive ketones (excluding diaryl/α,β-unsaturated/α-hetero) is 1. The summed E-state index contributed by atoms with van der Waals surface area (Å²) in [4.78, 5) is 34.8. The molecule has 0 bridgehead atoms. The van der Waals surface area contributed by atoms with Crippen LogP contribution in [0.5, 0.6) is 5.75 Å². The Balaban J connectivity index is 1.93. The predicted octanol–water partition coefficient (Wildman–Crippen LogP) is 4.61. The van der Waals surface area contributed by atoms with Crippen molar-refractivity contribution >= 4 is 22.4 Å². The Morgan fingerprint density at radius 3 is 2.72 bits per heavy atom. The summed E-state index contributed by atoms with van der Waals surface area (Å²) in [6, 6.07) is 10.5. The van der Waals surface area contributed by atoms with E-state index in [0.717, 1.165) is 24.0 Å². The molecule has 0 spiro atoms. The van der Waals surface area contributed by atoms with Gasteiger partial charge in [0.1, 0.15) is 11.3 Å². The third-order valence-corrected chi connectivity index (χ3v) is 4.57. The smallest absolute Gasteiger partial charge is 0.336 e. The molecule has 0 aliphatic carbocycles. The van der Waals surface area contributed by atoms with Crippen LogP contribution in [0, 0.1) is 17.0 Å². The van der Waals surface area contributed by atoms with Crippen molar-refractivity contribution in [1.29, 1.82) is 0 Å². The SMILES string of the molecule is CCCCc1cc(=O)oc2cc(C)cc(OCC(=O)c3cccc([N+](=O)[O-])c3)c12. The Bertz CT molecular complexity index is 1130. The van der Waals surface area contributed by atoms with Gasteiger partial charge in [0.05, 0.1) is 10.3 Å². The number of carbonyl (C=O) groups is 1. The van der Waals surface area contributed by atoms with Gasteiger partial charge in [-0.1, -0.05) is 25.5 Å². The number of ketones is 1. The minimum atomic E-state index is -0.548. The molecular formula is C22H21NO6. The first-order chi connectivity index (χ1) is 13.9. The van der Waals surface area contributed by atoms with Gasteiger partial charge in [-0.2, -0.15) is 0 Å². The highest BCUT2D eigenvalue weighted by Gasteiger charge is 2.16. The number of aryl methyl sites for hydroxylation is 2. The van der Waals surface area contributed by atoms with Gasteiger partial charge in [0.25, 0.3) is 5.69 Å². The second kappa shape index (κ2) is 8.68. The van der Waals surface area contributed by atoms with Crippen LogP contribution in [0.3, 0.4) is 0 Å². The molecule has 3 rings (SSSR count). The fourth-order valence-corrected chi connectivity index (χ4v) is 3.17. The number of fused-ring (bicyclic) bond motifs is 1. The Labute approximate surface area is 167 Å². The number of ether oxygens (including phenoxy) is 1. The van der Waals surface area contributed by atoms with Crippen LogP contribution in [0.2, 0.25) is 0 Å². The minimum absolute atomic E-state index is 0.152. The van der Waals surface area contributed by atoms with Gasteiger partial charge in [-0.15, -0.1) is 0 Å². The number of nitrogens with zero attached hydrogens (tertiary/aromatic N) is 1. The standard InChI is InChI=1S/C22H21NO6/c1-3-4-6-16-12-21(25)29-20-10-14(2)9-19(22(16)20)28-13-18(24)15-7-5-8-17(11-15)23(26)27/h5,7-12H,3-4,6,13H2,1-2H3. The Morgan fingerprint density at radius 1 is 1.21 bits per heavy atom. The number of nitro groups is 1. The minimum Gasteiger partial charge on any atom is -0.485 e. The third-order valence-electron chi connectivity index (χ3n) is 4.57. The molecular weight excluding hydrogens is 374 g/mol. The second-order valence-electron chi connectivity index (χ2n) is 6.85. The molecule has 0 aliphatic heterocycles. The number of hydrogen-bond acceptors (Lipinski definition) is 6. The quantitative estimate of drug-likeness (QED) is 0.239. The van der Waals surface area contributed by atoms with Crippen LogP contribution >= 0.6 is 0 Å². The Hall–Kier alpha value is -3.48. The summed E-state index contributed by atoms with van der Waals surface area (Å²) in [7, 11) is 0. The first kappa shape index (κ1) is 20.3. The molecule has 1 heterocycles. The maximum Gasteiger partial charge on any atom is 0.336 e. The van der Waals surface area contributed by atoms with E-state index in [1.807, 2.05) is 6.92 Å². The number of rotatable bonds is 8. The van der Waals surface area contributed by atoms with Crippen LogP contribution in [0.4, 0.5) is 5.69 Å². The summed E-state index contributed by atoms with van der Waals surface area (Å²) < 4.78 is 11.1. The monoisotopic (exact) mass is 395 g/mol. The lowest BCUT2D eigenvalue weighted by Gasteiger charge is -2.13. The van der Waals surface area contributed by atoms with Gasteiger partial charge in [-0.3, -0.25) is 14.9 Å². The van der Waals surface area contributed by atoms with Crippen LogP contribution in [-0.2, 0) is 6.42 Å². The van der Waals surface area contributed by atoms with Crippen LogP contribution in [0.25, 0.3) is 11.0 Å². The van der Waals surface area contributed by atoms with Gasteiger partial charge in [-0.05, 0) is 43.0 Å². The molecule has 29 heavy (non-hydrogen) atoms. The van der Waals surface area contributed by atoms with Crippen LogP contribution in [-0.4, -0.2) is 17.3 Å². The van der Waals surface area contributed by atoms with E-state index < -0.39 is 10.5 Å². The fourth-order valence-electron chi connectivity index (χ4n) is 3.17. The van der Waals surface area contributed by atoms with Gasteiger partial charge in [0, 0.05) is 23.8 Å². The molecule has 0 atom stereocenters. The van der Waals surface area contributed by atoms with Crippen LogP contribution < -0.4 is 10.4 Å². The van der Waals surface area contributed by atoms with Crippen molar-refractivity contribution < 1.29 is 18.9 Å². The Morgan fingerprint density at radius 2 is 2.00 bits per heavy atom. The zero-order valence-corrected chi connectivity index (χ0v) is 16.3. The fraction of sp³-hybridized carbons (Fsp3) is 0.273. The van der Waals surface area contributed by atoms with Crippen molar-refractivity contribution in [3.05, 3.63) is 79.7 Å². The number of benzene rings is 2. The first-order valence-electron chi connectivity index (χ1n) is 9.37. The molecule has 3 aromatic rings. The Kier molecular flexibility index (Phi) is 6.07. The number of nitro benzene ring substituents is 1. The van der Waals surface area contributed by atoms with E-state index in [4.69, 9.17) is 9.15 Å². The maximum absolute atomic E-state index is 12.5. The summed E-state index contributed by atoms with van der Waals surface area (Å²) >= 11 is 0. The number of carbonyl (C=O) groups excluding carboxylic acids is 1. The highest BCUT2D eigenvalue weighted by molar-refractivity contribution is 5.98. The first-order valence-corrected chi connectivity index (χ1v) is 9.37. The molecule has 0 fully saturated rings. The van der Waals surface area contributed by atoms with Gasteiger partial charge < -0.3 is 9.15 Å². The molecule has 0 saturated carbocycles. The van der Waals surface area contributed by atoms with E-state index in [-0.39, 0.29) is 23.6 Å². The number of non-ortho nitro benzene ring substituents is 1. The molecule has 0 aliphatic rings. The second-order valence-corrected chi connectivity index (χ2v) is 6.85. The molecule has 7 heteroatoms. The highest BCUT2D eigenvalue weighted by atomic mass is 16.6. The van der Waals surface area contributed by atoms with E-state index in [9.17, 15) is 19.7 Å². The van der Waals surface area contributed by atoms with Crippen molar-refractivity contribution in [2.45, 2.75) is 33.1 Å². The summed E-state index contributed by atoms with van der Waals surface area (Å²) in [5.74, 6) is 0.0736. The molecule has 7 nitrogen and oxygen atoms in total. The summed E-state index contributed by atoms with van der Waals surface area (Å²) in [6.45, 7) is 3.62. The lowest BCUT2D eigenvalue weighted by atomic mass is 10.0. The predicted molar refractivity (Wildman–Crippen MR) is 109 cm³/mol. The van der Waals surface area contributed by atoms with Crippen molar-refractivity contribution in [2.75, 3.05) is 6.61 Å². The number of unbranched alkanes of at least 4 members (excludes halogenated alkanes) is 1. The van der Waals surface area contributed by atoms with Gasteiger partial charge in [0.2, 0.25) is 0 Å². The van der Waals surface area contributed by atoms with Gasteiger partial charge in [0.15, 0.2) is 12.4 Å². The zero-order chi connectivity index (χ0) is 21.0. The van der Waals surface area contributed by atoms with E-state index in [0.29, 0.717) is 23.1 Å². The van der Waals surface area contributed by atoms with E-state index >= 15 is 0 Å². The summed E-state index contributed by atoms with van der Waals surface area (Å²) in [6.07, 6.45) is 2.56. The van der Waals surface area contributed by atoms with Crippen molar-refractivity contribution in [3.8, 4) is 5.75 Å². The normalized spacial score (nSPS) is 10.8. The van der Waals surface area contributed by atoms with Gasteiger partial charge >= 0.3 is 5.63 Å². The average molecular weight is 395 g/mol. The summed E-state index contributed by atoms with van der Waals surface area (Å²) in [5, 5.41) is 11.6. The topological polar surface area (TPSA) is 99.7 Å². The van der Waals surface area contributed by atoms with Crippen molar-refractivity contribution in [3.63, 3.8) is 0 Å². The maximum atomic E-state index is 12.5. The molecule has 0 amide bonds. The molecule has 150 valence electrons. The van der Waals surface area contributed by atoms with Crippen molar-refractivity contribution in [1.82, 2.24) is 0 Å². The molecule has 0 radical (unpaired) electrons. The lowest BCUT2D eigenvalue weighted by molar-refractivity contribution is -0.384. The summed E-state index contributed by atoms with van der Waals surface area (Å²) in [5.41, 5.74) is 1.69. The van der Waals surface area contributed by atoms with E-state index in [1.54, 1.807) is 12.1 Å².